The van der Waals surface area contributed by atoms with Crippen LogP contribution in [0.2, 0.25) is 0 Å². The average molecular weight is 238 g/mol. The zero-order valence-electron chi connectivity index (χ0n) is 9.89. The molecule has 2 N–H and O–H groups in total. The molecule has 92 valence electrons. The van der Waals surface area contributed by atoms with Crippen LogP contribution in [-0.4, -0.2) is 34.7 Å². The van der Waals surface area contributed by atoms with Crippen molar-refractivity contribution < 1.29 is 9.57 Å². The standard InChI is InChI=1S/C9H14N6O2/c1-6(2)11-7-12-8(15-16-3)14-9(13-7)17-5-4-10/h6H,5H2,1-3H3,(H2,11,12,13,14,15). The average Bonchev–Trinajstić information content (AvgIpc) is 2.25. The quantitative estimate of drug-likeness (QED) is 0.693. The Bertz CT molecular complexity index is 403. The van der Waals surface area contributed by atoms with E-state index in [2.05, 4.69) is 25.7 Å². The maximum atomic E-state index is 8.41. The van der Waals surface area contributed by atoms with Gasteiger partial charge in [0.1, 0.15) is 6.07 Å². The second-order valence-corrected chi connectivity index (χ2v) is 3.32. The van der Waals surface area contributed by atoms with E-state index < -0.39 is 0 Å². The molecular formula is C9H14N6O2. The molecule has 8 nitrogen and oxygen atoms in total. The highest BCUT2D eigenvalue weighted by Crippen LogP contribution is 2.11. The van der Waals surface area contributed by atoms with Crippen molar-refractivity contribution in [1.29, 1.82) is 5.26 Å². The second-order valence-electron chi connectivity index (χ2n) is 3.32. The van der Waals surface area contributed by atoms with Crippen molar-refractivity contribution in [3.63, 3.8) is 0 Å². The maximum Gasteiger partial charge on any atom is 0.324 e. The van der Waals surface area contributed by atoms with E-state index in [1.54, 1.807) is 0 Å². The molecule has 8 heteroatoms. The molecular weight excluding hydrogens is 224 g/mol. The fourth-order valence-corrected chi connectivity index (χ4v) is 0.978. The SMILES string of the molecule is CONc1nc(NC(C)C)nc(OCC#N)n1. The Morgan fingerprint density at radius 2 is 2.00 bits per heavy atom. The monoisotopic (exact) mass is 238 g/mol. The summed E-state index contributed by atoms with van der Waals surface area (Å²) in [5.41, 5.74) is 2.47. The van der Waals surface area contributed by atoms with Crippen LogP contribution in [0.3, 0.4) is 0 Å². The summed E-state index contributed by atoms with van der Waals surface area (Å²) in [5, 5.41) is 11.4. The van der Waals surface area contributed by atoms with Gasteiger partial charge in [-0.15, -0.1) is 0 Å². The predicted molar refractivity (Wildman–Crippen MR) is 60.3 cm³/mol. The van der Waals surface area contributed by atoms with Crippen molar-refractivity contribution in [2.45, 2.75) is 19.9 Å². The topological polar surface area (TPSA) is 105 Å². The molecule has 1 aromatic rings. The molecule has 17 heavy (non-hydrogen) atoms. The molecule has 0 aromatic carbocycles. The molecule has 1 heterocycles. The summed E-state index contributed by atoms with van der Waals surface area (Å²) in [6, 6.07) is 2.06. The number of nitrogens with zero attached hydrogens (tertiary/aromatic N) is 4. The van der Waals surface area contributed by atoms with Gasteiger partial charge in [-0.25, -0.2) is 5.48 Å². The largest absolute Gasteiger partial charge is 0.448 e. The lowest BCUT2D eigenvalue weighted by Gasteiger charge is -2.10. The zero-order chi connectivity index (χ0) is 12.7. The first-order chi connectivity index (χ1) is 8.15. The molecule has 0 bridgehead atoms. The van der Waals surface area contributed by atoms with E-state index >= 15 is 0 Å². The Balaban J connectivity index is 2.88. The third kappa shape index (κ3) is 4.48. The fraction of sp³-hybridized carbons (Fsp3) is 0.556. The maximum absolute atomic E-state index is 8.41. The van der Waals surface area contributed by atoms with E-state index in [-0.39, 0.29) is 24.6 Å². The van der Waals surface area contributed by atoms with Gasteiger partial charge in [0.15, 0.2) is 6.61 Å². The van der Waals surface area contributed by atoms with Gasteiger partial charge in [-0.3, -0.25) is 4.84 Å². The number of aromatic nitrogens is 3. The smallest absolute Gasteiger partial charge is 0.324 e. The molecule has 0 aliphatic heterocycles. The van der Waals surface area contributed by atoms with Gasteiger partial charge in [-0.05, 0) is 13.8 Å². The van der Waals surface area contributed by atoms with Crippen molar-refractivity contribution in [3.05, 3.63) is 0 Å². The Hall–Kier alpha value is -2.14. The van der Waals surface area contributed by atoms with Crippen LogP contribution < -0.4 is 15.5 Å². The first-order valence-corrected chi connectivity index (χ1v) is 4.97. The zero-order valence-corrected chi connectivity index (χ0v) is 9.89. The van der Waals surface area contributed by atoms with Gasteiger partial charge in [0.2, 0.25) is 5.95 Å². The number of ether oxygens (including phenoxy) is 1. The molecule has 0 atom stereocenters. The van der Waals surface area contributed by atoms with Gasteiger partial charge in [-0.1, -0.05) is 0 Å². The number of hydrogen-bond acceptors (Lipinski definition) is 8. The summed E-state index contributed by atoms with van der Waals surface area (Å²) in [5.74, 6) is 0.557. The normalized spacial score (nSPS) is 9.82. The van der Waals surface area contributed by atoms with Crippen LogP contribution >= 0.6 is 0 Å². The van der Waals surface area contributed by atoms with Gasteiger partial charge in [0.25, 0.3) is 5.95 Å². The summed E-state index contributed by atoms with van der Waals surface area (Å²) in [6.07, 6.45) is 0. The number of nitrogens with one attached hydrogen (secondary N) is 2. The lowest BCUT2D eigenvalue weighted by Crippen LogP contribution is -2.15. The summed E-state index contributed by atoms with van der Waals surface area (Å²) in [7, 11) is 1.44. The number of anilines is 2. The van der Waals surface area contributed by atoms with Crippen LogP contribution in [0.5, 0.6) is 6.01 Å². The lowest BCUT2D eigenvalue weighted by atomic mass is 10.4. The Kier molecular flexibility index (Phi) is 4.90. The lowest BCUT2D eigenvalue weighted by molar-refractivity contribution is 0.264. The third-order valence-electron chi connectivity index (χ3n) is 1.49. The van der Waals surface area contributed by atoms with Crippen molar-refractivity contribution >= 4 is 11.9 Å². The fourth-order valence-electron chi connectivity index (χ4n) is 0.978. The molecule has 0 aliphatic carbocycles. The van der Waals surface area contributed by atoms with Crippen LogP contribution in [0.25, 0.3) is 0 Å². The molecule has 0 unspecified atom stereocenters. The van der Waals surface area contributed by atoms with Crippen molar-refractivity contribution in [1.82, 2.24) is 15.0 Å². The van der Waals surface area contributed by atoms with Crippen molar-refractivity contribution in [2.24, 2.45) is 0 Å². The molecule has 1 aromatic heterocycles. The number of hydrogen-bond donors (Lipinski definition) is 2. The highest BCUT2D eigenvalue weighted by atomic mass is 16.6. The Labute approximate surface area is 99.0 Å². The van der Waals surface area contributed by atoms with Gasteiger partial charge < -0.3 is 10.1 Å². The Morgan fingerprint density at radius 3 is 2.59 bits per heavy atom. The first kappa shape index (κ1) is 12.9. The van der Waals surface area contributed by atoms with Crippen LogP contribution in [0.1, 0.15) is 13.8 Å². The summed E-state index contributed by atoms with van der Waals surface area (Å²) in [6.45, 7) is 3.77. The van der Waals surface area contributed by atoms with Gasteiger partial charge in [-0.2, -0.15) is 20.2 Å². The van der Waals surface area contributed by atoms with Crippen LogP contribution in [0.15, 0.2) is 0 Å². The van der Waals surface area contributed by atoms with Crippen LogP contribution in [0.4, 0.5) is 11.9 Å². The first-order valence-electron chi connectivity index (χ1n) is 4.97. The molecule has 1 rings (SSSR count). The molecule has 0 aliphatic rings. The predicted octanol–water partition coefficient (Wildman–Crippen LogP) is 0.568. The summed E-state index contributed by atoms with van der Waals surface area (Å²) in [4.78, 5) is 16.6. The molecule has 0 saturated carbocycles. The van der Waals surface area contributed by atoms with Gasteiger partial charge in [0.05, 0.1) is 7.11 Å². The minimum absolute atomic E-state index is 0.0595. The minimum atomic E-state index is -0.127. The number of rotatable bonds is 6. The van der Waals surface area contributed by atoms with E-state index in [0.29, 0.717) is 5.95 Å². The van der Waals surface area contributed by atoms with Crippen LogP contribution in [-0.2, 0) is 4.84 Å². The summed E-state index contributed by atoms with van der Waals surface area (Å²) < 4.78 is 5.01. The van der Waals surface area contributed by atoms with E-state index in [1.807, 2.05) is 19.9 Å². The molecule has 0 saturated heterocycles. The van der Waals surface area contributed by atoms with Gasteiger partial charge in [0, 0.05) is 6.04 Å². The van der Waals surface area contributed by atoms with Crippen molar-refractivity contribution in [2.75, 3.05) is 24.5 Å². The molecule has 0 spiro atoms. The Morgan fingerprint density at radius 1 is 1.29 bits per heavy atom. The highest BCUT2D eigenvalue weighted by Gasteiger charge is 2.08. The third-order valence-corrected chi connectivity index (χ3v) is 1.49. The van der Waals surface area contributed by atoms with E-state index in [4.69, 9.17) is 14.8 Å². The van der Waals surface area contributed by atoms with Crippen molar-refractivity contribution in [3.8, 4) is 12.1 Å². The second kappa shape index (κ2) is 6.44. The minimum Gasteiger partial charge on any atom is -0.448 e. The van der Waals surface area contributed by atoms with Gasteiger partial charge >= 0.3 is 6.01 Å². The number of nitriles is 1. The van der Waals surface area contributed by atoms with E-state index in [1.165, 1.54) is 7.11 Å². The summed E-state index contributed by atoms with van der Waals surface area (Å²) >= 11 is 0. The van der Waals surface area contributed by atoms with E-state index in [9.17, 15) is 0 Å². The molecule has 0 radical (unpaired) electrons. The molecule has 0 fully saturated rings. The van der Waals surface area contributed by atoms with Crippen LogP contribution in [0, 0.1) is 11.3 Å². The van der Waals surface area contributed by atoms with E-state index in [0.717, 1.165) is 0 Å². The highest BCUT2D eigenvalue weighted by molar-refractivity contribution is 5.35. The molecule has 0 amide bonds.